The van der Waals surface area contributed by atoms with Crippen LogP contribution < -0.4 is 5.32 Å². The lowest BCUT2D eigenvalue weighted by atomic mass is 10.0. The topological polar surface area (TPSA) is 12.0 Å². The number of hydrogen-bond acceptors (Lipinski definition) is 1. The van der Waals surface area contributed by atoms with E-state index in [2.05, 4.69) is 29.8 Å². The summed E-state index contributed by atoms with van der Waals surface area (Å²) in [6, 6.07) is 18.1. The number of benzene rings is 2. The van der Waals surface area contributed by atoms with Crippen molar-refractivity contribution in [2.75, 3.05) is 5.32 Å². The minimum absolute atomic E-state index is 0.328. The molecule has 0 aliphatic heterocycles. The van der Waals surface area contributed by atoms with Crippen LogP contribution in [0.1, 0.15) is 24.0 Å². The molecule has 0 bridgehead atoms. The first-order valence-electron chi connectivity index (χ1n) is 8.81. The highest BCUT2D eigenvalue weighted by molar-refractivity contribution is 5.78. The summed E-state index contributed by atoms with van der Waals surface area (Å²) in [5.41, 5.74) is 7.39. The van der Waals surface area contributed by atoms with E-state index in [0.717, 1.165) is 36.2 Å². The van der Waals surface area contributed by atoms with E-state index in [0.29, 0.717) is 5.57 Å². The van der Waals surface area contributed by atoms with Crippen molar-refractivity contribution in [3.05, 3.63) is 114 Å². The molecule has 2 aromatic carbocycles. The summed E-state index contributed by atoms with van der Waals surface area (Å²) < 4.78 is 14.0. The molecule has 130 valence electrons. The van der Waals surface area contributed by atoms with Crippen LogP contribution in [0.5, 0.6) is 0 Å². The van der Waals surface area contributed by atoms with Crippen LogP contribution >= 0.6 is 0 Å². The maximum absolute atomic E-state index is 14.0. The van der Waals surface area contributed by atoms with Gasteiger partial charge in [0.15, 0.2) is 5.83 Å². The fourth-order valence-electron chi connectivity index (χ4n) is 2.85. The van der Waals surface area contributed by atoms with Crippen molar-refractivity contribution in [3.8, 4) is 0 Å². The molecule has 0 radical (unpaired) electrons. The second-order valence-electron chi connectivity index (χ2n) is 6.24. The molecule has 1 N–H and O–H groups in total. The van der Waals surface area contributed by atoms with Crippen LogP contribution in [0.4, 0.5) is 10.1 Å². The molecule has 2 aromatic rings. The zero-order valence-corrected chi connectivity index (χ0v) is 14.7. The van der Waals surface area contributed by atoms with Gasteiger partial charge < -0.3 is 5.32 Å². The van der Waals surface area contributed by atoms with Gasteiger partial charge in [-0.05, 0) is 48.6 Å². The van der Waals surface area contributed by atoms with Gasteiger partial charge in [-0.25, -0.2) is 0 Å². The summed E-state index contributed by atoms with van der Waals surface area (Å²) in [6.07, 6.45) is 9.86. The van der Waals surface area contributed by atoms with Gasteiger partial charge in [-0.3, -0.25) is 0 Å². The second-order valence-corrected chi connectivity index (χ2v) is 6.24. The number of para-hydroxylation sites is 1. The first-order chi connectivity index (χ1) is 12.7. The number of rotatable bonds is 7. The molecule has 26 heavy (non-hydrogen) atoms. The highest BCUT2D eigenvalue weighted by Crippen LogP contribution is 2.25. The van der Waals surface area contributed by atoms with E-state index >= 15 is 0 Å². The van der Waals surface area contributed by atoms with Gasteiger partial charge in [0.05, 0.1) is 0 Å². The lowest BCUT2D eigenvalue weighted by molar-refractivity contribution is 0.676. The minimum Gasteiger partial charge on any atom is -0.359 e. The standard InChI is InChI=1S/C24H22FN/c1-19(26-22-11-4-2-5-12-22)9-8-10-20-15-17-21(18-16-20)23-13-6-3-7-14-24(23)25/h2-7,11-13,15-18,26H,1,8-10H2. The fourth-order valence-corrected chi connectivity index (χ4v) is 2.85. The Morgan fingerprint density at radius 1 is 1.00 bits per heavy atom. The Hall–Kier alpha value is -3.09. The average Bonchev–Trinajstić information content (AvgIpc) is 2.87. The average molecular weight is 343 g/mol. The van der Waals surface area contributed by atoms with Gasteiger partial charge in [0.25, 0.3) is 0 Å². The van der Waals surface area contributed by atoms with E-state index in [4.69, 9.17) is 0 Å². The van der Waals surface area contributed by atoms with Crippen molar-refractivity contribution in [2.24, 2.45) is 0 Å². The van der Waals surface area contributed by atoms with Crippen LogP contribution in [0.15, 0.2) is 103 Å². The smallest absolute Gasteiger partial charge is 0.173 e. The molecule has 2 heteroatoms. The van der Waals surface area contributed by atoms with Crippen LogP contribution in [-0.4, -0.2) is 0 Å². The van der Waals surface area contributed by atoms with E-state index in [1.807, 2.05) is 48.5 Å². The number of halogens is 1. The van der Waals surface area contributed by atoms with E-state index in [-0.39, 0.29) is 5.83 Å². The number of nitrogens with one attached hydrogen (secondary N) is 1. The van der Waals surface area contributed by atoms with Gasteiger partial charge in [0.1, 0.15) is 0 Å². The predicted molar refractivity (Wildman–Crippen MR) is 108 cm³/mol. The first-order valence-corrected chi connectivity index (χ1v) is 8.81. The molecule has 0 spiro atoms. The van der Waals surface area contributed by atoms with Gasteiger partial charge in [-0.15, -0.1) is 0 Å². The van der Waals surface area contributed by atoms with Crippen LogP contribution in [-0.2, 0) is 6.42 Å². The molecule has 1 nitrogen and oxygen atoms in total. The Labute approximate surface area is 154 Å². The molecular formula is C24H22FN. The summed E-state index contributed by atoms with van der Waals surface area (Å²) >= 11 is 0. The third-order valence-electron chi connectivity index (χ3n) is 4.22. The third-order valence-corrected chi connectivity index (χ3v) is 4.22. The maximum Gasteiger partial charge on any atom is 0.173 e. The van der Waals surface area contributed by atoms with Crippen molar-refractivity contribution in [3.63, 3.8) is 0 Å². The Kier molecular flexibility index (Phi) is 6.03. The monoisotopic (exact) mass is 343 g/mol. The van der Waals surface area contributed by atoms with Crippen molar-refractivity contribution >= 4 is 11.3 Å². The Balaban J connectivity index is 1.52. The van der Waals surface area contributed by atoms with E-state index < -0.39 is 0 Å². The lowest BCUT2D eigenvalue weighted by Gasteiger charge is -2.10. The number of allylic oxidation sites excluding steroid dienone is 6. The summed E-state index contributed by atoms with van der Waals surface area (Å²) in [7, 11) is 0. The number of hydrogen-bond donors (Lipinski definition) is 1. The number of anilines is 1. The first kappa shape index (κ1) is 17.7. The Bertz CT molecular complexity index is 880. The van der Waals surface area contributed by atoms with Gasteiger partial charge >= 0.3 is 0 Å². The summed E-state index contributed by atoms with van der Waals surface area (Å²) in [6.45, 7) is 4.09. The molecule has 0 aromatic heterocycles. The zero-order valence-electron chi connectivity index (χ0n) is 14.7. The van der Waals surface area contributed by atoms with Crippen molar-refractivity contribution < 1.29 is 4.39 Å². The van der Waals surface area contributed by atoms with Crippen molar-refractivity contribution in [1.82, 2.24) is 0 Å². The zero-order chi connectivity index (χ0) is 18.2. The third kappa shape index (κ3) is 4.95. The molecule has 0 atom stereocenters. The minimum atomic E-state index is -0.328. The molecule has 0 saturated carbocycles. The summed E-state index contributed by atoms with van der Waals surface area (Å²) in [5, 5.41) is 3.33. The molecule has 0 heterocycles. The van der Waals surface area contributed by atoms with Crippen molar-refractivity contribution in [1.29, 1.82) is 0 Å². The summed E-state index contributed by atoms with van der Waals surface area (Å²) in [4.78, 5) is 0. The molecule has 0 amide bonds. The molecule has 3 rings (SSSR count). The van der Waals surface area contributed by atoms with Gasteiger partial charge in [0.2, 0.25) is 0 Å². The van der Waals surface area contributed by atoms with E-state index in [9.17, 15) is 4.39 Å². The highest BCUT2D eigenvalue weighted by Gasteiger charge is 2.07. The Morgan fingerprint density at radius 3 is 2.54 bits per heavy atom. The number of aryl methyl sites for hydroxylation is 1. The molecular weight excluding hydrogens is 321 g/mol. The Morgan fingerprint density at radius 2 is 1.77 bits per heavy atom. The van der Waals surface area contributed by atoms with Crippen LogP contribution in [0.3, 0.4) is 0 Å². The molecule has 0 saturated heterocycles. The maximum atomic E-state index is 14.0. The van der Waals surface area contributed by atoms with Crippen LogP contribution in [0, 0.1) is 0 Å². The summed E-state index contributed by atoms with van der Waals surface area (Å²) in [5.74, 6) is -0.328. The van der Waals surface area contributed by atoms with E-state index in [1.165, 1.54) is 5.56 Å². The quantitative estimate of drug-likeness (QED) is 0.559. The molecule has 0 unspecified atom stereocenters. The van der Waals surface area contributed by atoms with Gasteiger partial charge in [0, 0.05) is 17.0 Å². The van der Waals surface area contributed by atoms with Gasteiger partial charge in [-0.2, -0.15) is 4.39 Å². The lowest BCUT2D eigenvalue weighted by Crippen LogP contribution is -1.98. The van der Waals surface area contributed by atoms with Crippen LogP contribution in [0.2, 0.25) is 0 Å². The SMILES string of the molecule is C=C(CCCc1ccc(C2=CC=CC=C=C2F)cc1)Nc1ccccc1. The van der Waals surface area contributed by atoms with E-state index in [1.54, 1.807) is 18.2 Å². The van der Waals surface area contributed by atoms with Crippen molar-refractivity contribution in [2.45, 2.75) is 19.3 Å². The molecule has 1 aliphatic rings. The van der Waals surface area contributed by atoms with Crippen LogP contribution in [0.25, 0.3) is 5.57 Å². The van der Waals surface area contributed by atoms with Gasteiger partial charge in [-0.1, -0.05) is 73.0 Å². The normalized spacial score (nSPS) is 13.0. The largest absolute Gasteiger partial charge is 0.359 e. The highest BCUT2D eigenvalue weighted by atomic mass is 19.1. The second kappa shape index (κ2) is 8.84. The predicted octanol–water partition coefficient (Wildman–Crippen LogP) is 6.60. The molecule has 1 aliphatic carbocycles. The molecule has 0 fully saturated rings. The fraction of sp³-hybridized carbons (Fsp3) is 0.125.